The molecular formula is C17H26IN5OS. The van der Waals surface area contributed by atoms with Crippen LogP contribution in [0.4, 0.5) is 0 Å². The summed E-state index contributed by atoms with van der Waals surface area (Å²) in [7, 11) is 3.82. The Hall–Kier alpha value is -1.13. The summed E-state index contributed by atoms with van der Waals surface area (Å²) in [4.78, 5) is 10.5. The lowest BCUT2D eigenvalue weighted by atomic mass is 10.1. The lowest BCUT2D eigenvalue weighted by molar-refractivity contribution is 0.192. The van der Waals surface area contributed by atoms with Crippen LogP contribution in [0.2, 0.25) is 0 Å². The largest absolute Gasteiger partial charge is 0.364 e. The van der Waals surface area contributed by atoms with Crippen molar-refractivity contribution in [3.05, 3.63) is 39.9 Å². The molecule has 0 saturated carbocycles. The van der Waals surface area contributed by atoms with Crippen molar-refractivity contribution in [3.63, 3.8) is 0 Å². The molecule has 0 radical (unpaired) electrons. The highest BCUT2D eigenvalue weighted by atomic mass is 127. The zero-order valence-electron chi connectivity index (χ0n) is 14.9. The second-order valence-electron chi connectivity index (χ2n) is 6.21. The molecule has 2 aromatic heterocycles. The van der Waals surface area contributed by atoms with Crippen molar-refractivity contribution in [1.29, 1.82) is 0 Å². The number of halogens is 1. The normalized spacial score (nSPS) is 16.0. The Bertz CT molecular complexity index is 672. The number of aromatic nitrogens is 1. The molecule has 138 valence electrons. The molecule has 0 aromatic carbocycles. The van der Waals surface area contributed by atoms with Crippen LogP contribution in [0.1, 0.15) is 23.1 Å². The van der Waals surface area contributed by atoms with Gasteiger partial charge in [0, 0.05) is 50.7 Å². The molecule has 3 rings (SSSR count). The van der Waals surface area contributed by atoms with Crippen LogP contribution in [0.3, 0.4) is 0 Å². The Morgan fingerprint density at radius 3 is 3.08 bits per heavy atom. The van der Waals surface area contributed by atoms with Crippen LogP contribution in [-0.4, -0.2) is 54.1 Å². The molecule has 1 N–H and O–H groups in total. The number of aliphatic imine (C=N–C) groups is 1. The fraction of sp³-hybridized carbons (Fsp3) is 0.529. The van der Waals surface area contributed by atoms with Gasteiger partial charge in [-0.1, -0.05) is 5.16 Å². The minimum Gasteiger partial charge on any atom is -0.364 e. The topological polar surface area (TPSA) is 56.9 Å². The molecular weight excluding hydrogens is 449 g/mol. The number of thiophene rings is 1. The van der Waals surface area contributed by atoms with Gasteiger partial charge in [0.2, 0.25) is 0 Å². The summed E-state index contributed by atoms with van der Waals surface area (Å²) in [5, 5.41) is 9.63. The molecule has 0 saturated heterocycles. The minimum absolute atomic E-state index is 0. The smallest absolute Gasteiger partial charge is 0.193 e. The SMILES string of the molecule is CN=C(NCC(C)N1CCc2sccc2C1)N(C)Cc1ccon1.I. The van der Waals surface area contributed by atoms with Crippen molar-refractivity contribution in [2.24, 2.45) is 4.99 Å². The van der Waals surface area contributed by atoms with E-state index in [4.69, 9.17) is 4.52 Å². The molecule has 3 heterocycles. The van der Waals surface area contributed by atoms with Gasteiger partial charge in [0.15, 0.2) is 5.96 Å². The van der Waals surface area contributed by atoms with E-state index in [9.17, 15) is 0 Å². The number of rotatable bonds is 5. The molecule has 1 atom stereocenters. The lowest BCUT2D eigenvalue weighted by Crippen LogP contribution is -2.47. The zero-order valence-corrected chi connectivity index (χ0v) is 18.1. The van der Waals surface area contributed by atoms with Gasteiger partial charge in [0.1, 0.15) is 12.0 Å². The molecule has 1 aliphatic heterocycles. The summed E-state index contributed by atoms with van der Waals surface area (Å²) in [5.41, 5.74) is 2.39. The Morgan fingerprint density at radius 1 is 1.52 bits per heavy atom. The molecule has 6 nitrogen and oxygen atoms in total. The van der Waals surface area contributed by atoms with E-state index in [1.165, 1.54) is 5.56 Å². The molecule has 1 aliphatic rings. The number of nitrogens with zero attached hydrogens (tertiary/aromatic N) is 4. The Morgan fingerprint density at radius 2 is 2.36 bits per heavy atom. The quantitative estimate of drug-likeness (QED) is 0.410. The Kier molecular flexibility index (Phi) is 7.70. The van der Waals surface area contributed by atoms with Crippen LogP contribution < -0.4 is 5.32 Å². The Labute approximate surface area is 170 Å². The van der Waals surface area contributed by atoms with Crippen molar-refractivity contribution in [2.45, 2.75) is 32.5 Å². The first-order chi connectivity index (χ1) is 11.7. The second-order valence-corrected chi connectivity index (χ2v) is 7.21. The van der Waals surface area contributed by atoms with Gasteiger partial charge in [0.05, 0.1) is 6.54 Å². The van der Waals surface area contributed by atoms with Crippen LogP contribution in [-0.2, 0) is 19.5 Å². The van der Waals surface area contributed by atoms with E-state index in [-0.39, 0.29) is 24.0 Å². The van der Waals surface area contributed by atoms with Gasteiger partial charge in [-0.15, -0.1) is 35.3 Å². The summed E-state index contributed by atoms with van der Waals surface area (Å²) in [5.74, 6) is 0.873. The maximum absolute atomic E-state index is 4.89. The third-order valence-corrected chi connectivity index (χ3v) is 5.50. The predicted molar refractivity (Wildman–Crippen MR) is 113 cm³/mol. The maximum atomic E-state index is 4.89. The lowest BCUT2D eigenvalue weighted by Gasteiger charge is -2.33. The third-order valence-electron chi connectivity index (χ3n) is 4.48. The van der Waals surface area contributed by atoms with Gasteiger partial charge < -0.3 is 14.7 Å². The van der Waals surface area contributed by atoms with E-state index in [0.717, 1.165) is 37.7 Å². The van der Waals surface area contributed by atoms with E-state index < -0.39 is 0 Å². The number of hydrogen-bond donors (Lipinski definition) is 1. The minimum atomic E-state index is 0. The maximum Gasteiger partial charge on any atom is 0.193 e. The zero-order chi connectivity index (χ0) is 16.9. The molecule has 0 spiro atoms. The molecule has 0 bridgehead atoms. The second kappa shape index (κ2) is 9.54. The van der Waals surface area contributed by atoms with Gasteiger partial charge >= 0.3 is 0 Å². The van der Waals surface area contributed by atoms with Gasteiger partial charge in [-0.2, -0.15) is 0 Å². The molecule has 0 fully saturated rings. The van der Waals surface area contributed by atoms with Crippen molar-refractivity contribution < 1.29 is 4.52 Å². The standard InChI is InChI=1S/C17H25N5OS.HI/c1-13(22-7-4-16-14(11-22)6-9-24-16)10-19-17(18-2)21(3)12-15-5-8-23-20-15;/h5-6,8-9,13H,4,7,10-12H2,1-3H3,(H,18,19);1H. The van der Waals surface area contributed by atoms with Crippen molar-refractivity contribution >= 4 is 41.3 Å². The average molecular weight is 475 g/mol. The highest BCUT2D eigenvalue weighted by Crippen LogP contribution is 2.24. The first-order valence-corrected chi connectivity index (χ1v) is 9.15. The number of nitrogens with one attached hydrogen (secondary N) is 1. The van der Waals surface area contributed by atoms with Gasteiger partial charge in [-0.25, -0.2) is 0 Å². The van der Waals surface area contributed by atoms with Crippen molar-refractivity contribution in [2.75, 3.05) is 27.2 Å². The van der Waals surface area contributed by atoms with Gasteiger partial charge in [-0.05, 0) is 30.4 Å². The monoisotopic (exact) mass is 475 g/mol. The summed E-state index contributed by atoms with van der Waals surface area (Å²) in [6, 6.07) is 4.59. The predicted octanol–water partition coefficient (Wildman–Crippen LogP) is 2.81. The van der Waals surface area contributed by atoms with E-state index in [0.29, 0.717) is 12.6 Å². The van der Waals surface area contributed by atoms with Gasteiger partial charge in [0.25, 0.3) is 0 Å². The third kappa shape index (κ3) is 5.18. The van der Waals surface area contributed by atoms with Crippen LogP contribution >= 0.6 is 35.3 Å². The van der Waals surface area contributed by atoms with Crippen LogP contribution in [0.15, 0.2) is 33.3 Å². The summed E-state index contributed by atoms with van der Waals surface area (Å²) >= 11 is 1.88. The van der Waals surface area contributed by atoms with Crippen LogP contribution in [0.5, 0.6) is 0 Å². The Balaban J connectivity index is 0.00000225. The molecule has 25 heavy (non-hydrogen) atoms. The number of hydrogen-bond acceptors (Lipinski definition) is 5. The number of guanidine groups is 1. The average Bonchev–Trinajstić information content (AvgIpc) is 3.25. The first kappa shape index (κ1) is 20.2. The van der Waals surface area contributed by atoms with Crippen molar-refractivity contribution in [3.8, 4) is 0 Å². The highest BCUT2D eigenvalue weighted by molar-refractivity contribution is 14.0. The summed E-state index contributed by atoms with van der Waals surface area (Å²) in [6.45, 7) is 6.00. The van der Waals surface area contributed by atoms with Crippen molar-refractivity contribution in [1.82, 2.24) is 20.3 Å². The fourth-order valence-corrected chi connectivity index (χ4v) is 3.93. The van der Waals surface area contributed by atoms with E-state index in [1.54, 1.807) is 11.1 Å². The summed E-state index contributed by atoms with van der Waals surface area (Å²) in [6.07, 6.45) is 2.76. The first-order valence-electron chi connectivity index (χ1n) is 8.27. The summed E-state index contributed by atoms with van der Waals surface area (Å²) < 4.78 is 4.89. The molecule has 8 heteroatoms. The molecule has 0 aliphatic carbocycles. The highest BCUT2D eigenvalue weighted by Gasteiger charge is 2.21. The van der Waals surface area contributed by atoms with Crippen LogP contribution in [0.25, 0.3) is 0 Å². The molecule has 1 unspecified atom stereocenters. The number of fused-ring (bicyclic) bond motifs is 1. The molecule has 2 aromatic rings. The fourth-order valence-electron chi connectivity index (χ4n) is 3.04. The van der Waals surface area contributed by atoms with E-state index >= 15 is 0 Å². The van der Waals surface area contributed by atoms with E-state index in [2.05, 4.69) is 43.6 Å². The van der Waals surface area contributed by atoms with E-state index in [1.807, 2.05) is 31.5 Å². The van der Waals surface area contributed by atoms with Crippen LogP contribution in [0, 0.1) is 0 Å². The van der Waals surface area contributed by atoms with Gasteiger partial charge in [-0.3, -0.25) is 9.89 Å². The molecule has 0 amide bonds.